The quantitative estimate of drug-likeness (QED) is 0.862. The molecular formula is C12H15ClFNO3S2. The predicted molar refractivity (Wildman–Crippen MR) is 78.0 cm³/mol. The number of hydrogen-bond acceptors (Lipinski definition) is 4. The summed E-state index contributed by atoms with van der Waals surface area (Å²) in [6.45, 7) is -0.191. The molecule has 8 heteroatoms. The summed E-state index contributed by atoms with van der Waals surface area (Å²) in [6.07, 6.45) is 2.06. The maximum absolute atomic E-state index is 13.6. The van der Waals surface area contributed by atoms with Crippen LogP contribution in [0.15, 0.2) is 17.0 Å². The van der Waals surface area contributed by atoms with Crippen LogP contribution in [0.2, 0.25) is 5.02 Å². The lowest BCUT2D eigenvalue weighted by molar-refractivity contribution is 0.281. The van der Waals surface area contributed by atoms with Crippen LogP contribution < -0.4 is 4.72 Å². The maximum atomic E-state index is 13.6. The topological polar surface area (TPSA) is 66.4 Å². The van der Waals surface area contributed by atoms with Gasteiger partial charge in [0.15, 0.2) is 0 Å². The van der Waals surface area contributed by atoms with Crippen molar-refractivity contribution in [3.05, 3.63) is 28.5 Å². The second-order valence-electron chi connectivity index (χ2n) is 4.52. The summed E-state index contributed by atoms with van der Waals surface area (Å²) in [5, 5.41) is 9.08. The van der Waals surface area contributed by atoms with Gasteiger partial charge in [0.25, 0.3) is 0 Å². The summed E-state index contributed by atoms with van der Waals surface area (Å²) in [5.41, 5.74) is 0.0577. The van der Waals surface area contributed by atoms with Gasteiger partial charge in [-0.25, -0.2) is 17.5 Å². The monoisotopic (exact) mass is 339 g/mol. The van der Waals surface area contributed by atoms with Crippen molar-refractivity contribution in [3.63, 3.8) is 0 Å². The molecule has 0 amide bonds. The van der Waals surface area contributed by atoms with Gasteiger partial charge in [0, 0.05) is 17.4 Å². The molecule has 112 valence electrons. The molecule has 0 spiro atoms. The SMILES string of the molecule is O=S(=O)(NCC1CCCS1)c1cc(F)c(Cl)c(CO)c1. The van der Waals surface area contributed by atoms with Gasteiger partial charge in [0.05, 0.1) is 16.5 Å². The maximum Gasteiger partial charge on any atom is 0.240 e. The molecule has 1 aromatic carbocycles. The first-order chi connectivity index (χ1) is 9.44. The van der Waals surface area contributed by atoms with Gasteiger partial charge < -0.3 is 5.11 Å². The van der Waals surface area contributed by atoms with E-state index in [1.165, 1.54) is 6.07 Å². The lowest BCUT2D eigenvalue weighted by Crippen LogP contribution is -2.30. The number of benzene rings is 1. The number of aliphatic hydroxyl groups is 1. The van der Waals surface area contributed by atoms with Gasteiger partial charge in [-0.2, -0.15) is 11.8 Å². The van der Waals surface area contributed by atoms with Crippen LogP contribution in [0.4, 0.5) is 4.39 Å². The highest BCUT2D eigenvalue weighted by atomic mass is 35.5. The third-order valence-electron chi connectivity index (χ3n) is 3.08. The van der Waals surface area contributed by atoms with Crippen molar-refractivity contribution in [3.8, 4) is 0 Å². The molecule has 1 atom stereocenters. The normalized spacial score (nSPS) is 19.4. The fourth-order valence-corrected chi connectivity index (χ4v) is 4.60. The van der Waals surface area contributed by atoms with E-state index in [0.717, 1.165) is 24.7 Å². The van der Waals surface area contributed by atoms with Crippen LogP contribution in [0.1, 0.15) is 18.4 Å². The minimum Gasteiger partial charge on any atom is -0.392 e. The molecule has 2 rings (SSSR count). The molecule has 2 N–H and O–H groups in total. The molecule has 4 nitrogen and oxygen atoms in total. The van der Waals surface area contributed by atoms with E-state index >= 15 is 0 Å². The van der Waals surface area contributed by atoms with Crippen molar-refractivity contribution in [1.82, 2.24) is 4.72 Å². The average molecular weight is 340 g/mol. The summed E-state index contributed by atoms with van der Waals surface area (Å²) in [4.78, 5) is -0.216. The number of nitrogens with one attached hydrogen (secondary N) is 1. The third kappa shape index (κ3) is 3.65. The smallest absolute Gasteiger partial charge is 0.240 e. The first-order valence-corrected chi connectivity index (χ1v) is 9.05. The number of sulfonamides is 1. The lowest BCUT2D eigenvalue weighted by Gasteiger charge is -2.12. The molecule has 0 bridgehead atoms. The molecule has 1 heterocycles. The van der Waals surface area contributed by atoms with Gasteiger partial charge in [0.2, 0.25) is 10.0 Å². The Hall–Kier alpha value is -0.340. The van der Waals surface area contributed by atoms with Crippen LogP contribution in [0, 0.1) is 5.82 Å². The standard InChI is InChI=1S/C12H15ClFNO3S2/c13-12-8(7-16)4-10(5-11(12)14)20(17,18)15-6-9-2-1-3-19-9/h4-5,9,15-16H,1-3,6-7H2. The van der Waals surface area contributed by atoms with E-state index in [-0.39, 0.29) is 20.7 Å². The summed E-state index contributed by atoms with van der Waals surface area (Å²) in [7, 11) is -3.79. The zero-order valence-electron chi connectivity index (χ0n) is 10.6. The van der Waals surface area contributed by atoms with E-state index in [4.69, 9.17) is 16.7 Å². The number of hydrogen-bond donors (Lipinski definition) is 2. The Morgan fingerprint density at radius 2 is 2.25 bits per heavy atom. The molecule has 1 fully saturated rings. The molecule has 1 aliphatic heterocycles. The Morgan fingerprint density at radius 3 is 2.85 bits per heavy atom. The Morgan fingerprint density at radius 1 is 1.50 bits per heavy atom. The number of aliphatic hydroxyl groups excluding tert-OH is 1. The molecular weight excluding hydrogens is 325 g/mol. The highest BCUT2D eigenvalue weighted by molar-refractivity contribution is 8.00. The van der Waals surface area contributed by atoms with Crippen molar-refractivity contribution in [2.75, 3.05) is 12.3 Å². The van der Waals surface area contributed by atoms with Crippen LogP contribution >= 0.6 is 23.4 Å². The van der Waals surface area contributed by atoms with Crippen molar-refractivity contribution in [1.29, 1.82) is 0 Å². The molecule has 1 aromatic rings. The zero-order chi connectivity index (χ0) is 14.8. The average Bonchev–Trinajstić information content (AvgIpc) is 2.92. The minimum atomic E-state index is -3.79. The molecule has 1 aliphatic rings. The predicted octanol–water partition coefficient (Wildman–Crippen LogP) is 2.15. The summed E-state index contributed by atoms with van der Waals surface area (Å²) in [6, 6.07) is 2.06. The molecule has 1 unspecified atom stereocenters. The second-order valence-corrected chi connectivity index (χ2v) is 8.08. The van der Waals surface area contributed by atoms with E-state index in [1.807, 2.05) is 0 Å². The first kappa shape index (κ1) is 16.0. The van der Waals surface area contributed by atoms with E-state index in [9.17, 15) is 12.8 Å². The molecule has 0 radical (unpaired) electrons. The fourth-order valence-electron chi connectivity index (χ4n) is 1.98. The fraction of sp³-hybridized carbons (Fsp3) is 0.500. The van der Waals surface area contributed by atoms with Crippen LogP contribution in [-0.2, 0) is 16.6 Å². The zero-order valence-corrected chi connectivity index (χ0v) is 13.0. The molecule has 1 saturated heterocycles. The summed E-state index contributed by atoms with van der Waals surface area (Å²) in [5.74, 6) is 0.185. The van der Waals surface area contributed by atoms with Gasteiger partial charge >= 0.3 is 0 Å². The molecule has 0 aliphatic carbocycles. The van der Waals surface area contributed by atoms with Gasteiger partial charge in [-0.1, -0.05) is 11.6 Å². The van der Waals surface area contributed by atoms with Gasteiger partial charge in [-0.15, -0.1) is 0 Å². The lowest BCUT2D eigenvalue weighted by atomic mass is 10.2. The van der Waals surface area contributed by atoms with Crippen LogP contribution in [0.5, 0.6) is 0 Å². The van der Waals surface area contributed by atoms with Crippen LogP contribution in [0.3, 0.4) is 0 Å². The number of halogens is 2. The molecule has 0 aromatic heterocycles. The Kier molecular flexibility index (Phi) is 5.30. The van der Waals surface area contributed by atoms with Crippen LogP contribution in [-0.4, -0.2) is 31.1 Å². The van der Waals surface area contributed by atoms with E-state index in [0.29, 0.717) is 6.54 Å². The van der Waals surface area contributed by atoms with E-state index in [1.54, 1.807) is 11.8 Å². The number of rotatable bonds is 5. The third-order valence-corrected chi connectivity index (χ3v) is 6.31. The highest BCUT2D eigenvalue weighted by Gasteiger charge is 2.22. The second kappa shape index (κ2) is 6.62. The Labute approximate surface area is 126 Å². The van der Waals surface area contributed by atoms with Gasteiger partial charge in [0.1, 0.15) is 5.82 Å². The summed E-state index contributed by atoms with van der Waals surface area (Å²) < 4.78 is 40.3. The highest BCUT2D eigenvalue weighted by Crippen LogP contribution is 2.27. The van der Waals surface area contributed by atoms with Gasteiger partial charge in [-0.05, 0) is 30.7 Å². The van der Waals surface area contributed by atoms with Crippen molar-refractivity contribution >= 4 is 33.4 Å². The van der Waals surface area contributed by atoms with Crippen LogP contribution in [0.25, 0.3) is 0 Å². The number of thioether (sulfide) groups is 1. The molecule has 20 heavy (non-hydrogen) atoms. The van der Waals surface area contributed by atoms with Crippen molar-refractivity contribution < 1.29 is 17.9 Å². The first-order valence-electron chi connectivity index (χ1n) is 6.14. The molecule has 0 saturated carbocycles. The van der Waals surface area contributed by atoms with E-state index < -0.39 is 22.4 Å². The van der Waals surface area contributed by atoms with Gasteiger partial charge in [-0.3, -0.25) is 0 Å². The largest absolute Gasteiger partial charge is 0.392 e. The van der Waals surface area contributed by atoms with E-state index in [2.05, 4.69) is 4.72 Å². The van der Waals surface area contributed by atoms with Crippen molar-refractivity contribution in [2.45, 2.75) is 29.6 Å². The Balaban J connectivity index is 2.18. The van der Waals surface area contributed by atoms with Crippen molar-refractivity contribution in [2.24, 2.45) is 0 Å². The Bertz CT molecular complexity index is 589. The summed E-state index contributed by atoms with van der Waals surface area (Å²) >= 11 is 7.37. The minimum absolute atomic E-state index is 0.0577.